The van der Waals surface area contributed by atoms with E-state index in [2.05, 4.69) is 37.3 Å². The Morgan fingerprint density at radius 3 is 2.33 bits per heavy atom. The smallest absolute Gasteiger partial charge is 0.163 e. The molecule has 2 heteroatoms. The van der Waals surface area contributed by atoms with Crippen molar-refractivity contribution in [2.75, 3.05) is 11.6 Å². The lowest BCUT2D eigenvalue weighted by atomic mass is 10.1. The second kappa shape index (κ2) is 6.31. The summed E-state index contributed by atoms with van der Waals surface area (Å²) in [7, 11) is 0. The van der Waals surface area contributed by atoms with Crippen LogP contribution in [0.25, 0.3) is 10.8 Å². The minimum absolute atomic E-state index is 0.854. The summed E-state index contributed by atoms with van der Waals surface area (Å²) < 4.78 is 0. The molecule has 0 heterocycles. The van der Waals surface area contributed by atoms with Gasteiger partial charge < -0.3 is 4.84 Å². The zero-order chi connectivity index (χ0) is 14.5. The molecule has 0 radical (unpaired) electrons. The van der Waals surface area contributed by atoms with Crippen molar-refractivity contribution in [3.8, 4) is 5.75 Å². The molecule has 0 atom stereocenters. The third-order valence-corrected chi connectivity index (χ3v) is 3.43. The highest BCUT2D eigenvalue weighted by Crippen LogP contribution is 2.27. The first-order valence-corrected chi connectivity index (χ1v) is 7.37. The van der Waals surface area contributed by atoms with Crippen LogP contribution >= 0.6 is 0 Å². The lowest BCUT2D eigenvalue weighted by Gasteiger charge is -2.24. The molecule has 0 aliphatic rings. The Kier molecular flexibility index (Phi) is 4.06. The van der Waals surface area contributed by atoms with Gasteiger partial charge in [-0.15, -0.1) is 0 Å². The predicted octanol–water partition coefficient (Wildman–Crippen LogP) is 5.05. The van der Waals surface area contributed by atoms with E-state index in [4.69, 9.17) is 4.84 Å². The van der Waals surface area contributed by atoms with Crippen LogP contribution in [0, 0.1) is 0 Å². The summed E-state index contributed by atoms with van der Waals surface area (Å²) >= 11 is 0. The van der Waals surface area contributed by atoms with Gasteiger partial charge in [-0.3, -0.25) is 0 Å². The summed E-state index contributed by atoms with van der Waals surface area (Å²) in [4.78, 5) is 6.19. The molecule has 3 aromatic carbocycles. The molecular weight excluding hydrogens is 258 g/mol. The predicted molar refractivity (Wildman–Crippen MR) is 88.7 cm³/mol. The van der Waals surface area contributed by atoms with Crippen molar-refractivity contribution in [1.29, 1.82) is 0 Å². The zero-order valence-electron chi connectivity index (χ0n) is 12.2. The molecule has 0 saturated carbocycles. The van der Waals surface area contributed by atoms with Crippen LogP contribution in [0.5, 0.6) is 5.75 Å². The minimum Gasteiger partial charge on any atom is -0.379 e. The highest BCUT2D eigenvalue weighted by Gasteiger charge is 2.09. The Bertz CT molecular complexity index is 704. The van der Waals surface area contributed by atoms with Crippen molar-refractivity contribution in [2.24, 2.45) is 0 Å². The number of hydrogen-bond donors (Lipinski definition) is 0. The minimum atomic E-state index is 0.854. The number of nitrogens with zero attached hydrogens (tertiary/aromatic N) is 1. The zero-order valence-corrected chi connectivity index (χ0v) is 12.2. The average Bonchev–Trinajstić information content (AvgIpc) is 2.55. The fourth-order valence-electron chi connectivity index (χ4n) is 2.42. The van der Waals surface area contributed by atoms with Gasteiger partial charge in [-0.25, -0.2) is 5.06 Å². The van der Waals surface area contributed by atoms with Crippen LogP contribution in [-0.2, 0) is 0 Å². The van der Waals surface area contributed by atoms with Gasteiger partial charge in [0.25, 0.3) is 0 Å². The second-order valence-corrected chi connectivity index (χ2v) is 5.01. The lowest BCUT2D eigenvalue weighted by molar-refractivity contribution is 0.282. The Labute approximate surface area is 125 Å². The summed E-state index contributed by atoms with van der Waals surface area (Å²) in [6.07, 6.45) is 1.03. The highest BCUT2D eigenvalue weighted by molar-refractivity contribution is 5.88. The molecule has 2 nitrogen and oxygen atoms in total. The van der Waals surface area contributed by atoms with E-state index < -0.39 is 0 Å². The standard InChI is InChI=1S/C19H19NO/c1-2-15-20(17-11-4-3-5-12-17)21-19-14-8-10-16-9-6-7-13-18(16)19/h3-14H,2,15H2,1H3. The van der Waals surface area contributed by atoms with Crippen LogP contribution in [0.15, 0.2) is 72.8 Å². The molecule has 0 spiro atoms. The maximum absolute atomic E-state index is 6.19. The van der Waals surface area contributed by atoms with E-state index in [0.29, 0.717) is 0 Å². The van der Waals surface area contributed by atoms with Gasteiger partial charge in [0.15, 0.2) is 5.75 Å². The fraction of sp³-hybridized carbons (Fsp3) is 0.158. The van der Waals surface area contributed by atoms with Gasteiger partial charge in [-0.2, -0.15) is 0 Å². The average molecular weight is 277 g/mol. The topological polar surface area (TPSA) is 12.5 Å². The van der Waals surface area contributed by atoms with Crippen molar-refractivity contribution in [2.45, 2.75) is 13.3 Å². The quantitative estimate of drug-likeness (QED) is 0.605. The van der Waals surface area contributed by atoms with Crippen molar-refractivity contribution in [1.82, 2.24) is 0 Å². The summed E-state index contributed by atoms with van der Waals surface area (Å²) in [6.45, 7) is 3.01. The SMILES string of the molecule is CCCN(Oc1cccc2ccccc12)c1ccccc1. The monoisotopic (exact) mass is 277 g/mol. The molecule has 0 aliphatic carbocycles. The summed E-state index contributed by atoms with van der Waals surface area (Å²) in [5.74, 6) is 0.894. The second-order valence-electron chi connectivity index (χ2n) is 5.01. The Hall–Kier alpha value is -2.48. The third kappa shape index (κ3) is 3.00. The lowest BCUT2D eigenvalue weighted by Crippen LogP contribution is -2.28. The molecule has 0 fully saturated rings. The number of hydrogen-bond acceptors (Lipinski definition) is 2. The normalized spacial score (nSPS) is 10.5. The molecule has 3 aromatic rings. The molecule has 106 valence electrons. The van der Waals surface area contributed by atoms with E-state index in [9.17, 15) is 0 Å². The maximum atomic E-state index is 6.19. The molecule has 0 unspecified atom stereocenters. The van der Waals surface area contributed by atoms with Crippen LogP contribution in [0.2, 0.25) is 0 Å². The molecule has 21 heavy (non-hydrogen) atoms. The number of fused-ring (bicyclic) bond motifs is 1. The van der Waals surface area contributed by atoms with Crippen LogP contribution in [0.3, 0.4) is 0 Å². The maximum Gasteiger partial charge on any atom is 0.163 e. The summed E-state index contributed by atoms with van der Waals surface area (Å²) in [5.41, 5.74) is 1.08. The third-order valence-electron chi connectivity index (χ3n) is 3.43. The van der Waals surface area contributed by atoms with Gasteiger partial charge in [0.05, 0.1) is 12.2 Å². The van der Waals surface area contributed by atoms with Gasteiger partial charge in [0, 0.05) is 5.39 Å². The van der Waals surface area contributed by atoms with Crippen LogP contribution < -0.4 is 9.90 Å². The molecular formula is C19H19NO. The van der Waals surface area contributed by atoms with Gasteiger partial charge in [0.1, 0.15) is 0 Å². The van der Waals surface area contributed by atoms with E-state index in [1.807, 2.05) is 47.5 Å². The number of anilines is 1. The summed E-state index contributed by atoms with van der Waals surface area (Å²) in [5, 5.41) is 4.29. The Morgan fingerprint density at radius 1 is 0.810 bits per heavy atom. The van der Waals surface area contributed by atoms with Crippen molar-refractivity contribution in [3.05, 3.63) is 72.8 Å². The largest absolute Gasteiger partial charge is 0.379 e. The molecule has 0 bridgehead atoms. The molecule has 0 saturated heterocycles. The van der Waals surface area contributed by atoms with E-state index in [-0.39, 0.29) is 0 Å². The Morgan fingerprint density at radius 2 is 1.52 bits per heavy atom. The van der Waals surface area contributed by atoms with Crippen molar-refractivity contribution in [3.63, 3.8) is 0 Å². The first kappa shape index (κ1) is 13.5. The van der Waals surface area contributed by atoms with Crippen molar-refractivity contribution >= 4 is 16.5 Å². The number of hydroxylamine groups is 1. The molecule has 0 aromatic heterocycles. The molecule has 0 aliphatic heterocycles. The highest BCUT2D eigenvalue weighted by atomic mass is 16.7. The Balaban J connectivity index is 1.95. The van der Waals surface area contributed by atoms with Crippen LogP contribution in [0.4, 0.5) is 5.69 Å². The van der Waals surface area contributed by atoms with E-state index in [1.165, 1.54) is 5.39 Å². The molecule has 0 amide bonds. The first-order valence-electron chi connectivity index (χ1n) is 7.37. The van der Waals surface area contributed by atoms with E-state index in [0.717, 1.165) is 29.8 Å². The van der Waals surface area contributed by atoms with Crippen molar-refractivity contribution < 1.29 is 4.84 Å². The first-order chi connectivity index (χ1) is 10.4. The number of rotatable bonds is 5. The number of benzene rings is 3. The van der Waals surface area contributed by atoms with Gasteiger partial charge >= 0.3 is 0 Å². The van der Waals surface area contributed by atoms with E-state index >= 15 is 0 Å². The molecule has 3 rings (SSSR count). The van der Waals surface area contributed by atoms with Gasteiger partial charge in [0.2, 0.25) is 0 Å². The van der Waals surface area contributed by atoms with Gasteiger partial charge in [-0.05, 0) is 30.0 Å². The van der Waals surface area contributed by atoms with Crippen LogP contribution in [-0.4, -0.2) is 6.54 Å². The van der Waals surface area contributed by atoms with Gasteiger partial charge in [-0.1, -0.05) is 61.5 Å². The summed E-state index contributed by atoms with van der Waals surface area (Å²) in [6, 6.07) is 24.7. The number of para-hydroxylation sites is 1. The fourth-order valence-corrected chi connectivity index (χ4v) is 2.42. The van der Waals surface area contributed by atoms with E-state index in [1.54, 1.807) is 0 Å². The molecule has 0 N–H and O–H groups in total. The van der Waals surface area contributed by atoms with Crippen LogP contribution in [0.1, 0.15) is 13.3 Å².